The molecule has 0 atom stereocenters. The molecule has 0 aromatic heterocycles. The summed E-state index contributed by atoms with van der Waals surface area (Å²) in [5.41, 5.74) is 1.35. The highest BCUT2D eigenvalue weighted by atomic mass is 32.2. The molecule has 0 heterocycles. The van der Waals surface area contributed by atoms with Crippen LogP contribution in [0.25, 0.3) is 0 Å². The van der Waals surface area contributed by atoms with E-state index in [0.29, 0.717) is 12.1 Å². The van der Waals surface area contributed by atoms with E-state index in [1.165, 1.54) is 17.0 Å². The highest BCUT2D eigenvalue weighted by molar-refractivity contribution is 7.91. The van der Waals surface area contributed by atoms with Crippen LogP contribution in [0.3, 0.4) is 0 Å². The third-order valence-electron chi connectivity index (χ3n) is 3.95. The Morgan fingerprint density at radius 2 is 1.62 bits per heavy atom. The molecule has 1 N–H and O–H groups in total. The third-order valence-corrected chi connectivity index (χ3v) is 5.70. The van der Waals surface area contributed by atoms with Crippen LogP contribution >= 0.6 is 0 Å². The molecule has 0 aliphatic heterocycles. The molecule has 0 saturated heterocycles. The maximum atomic E-state index is 12.5. The molecule has 2 aromatic carbocycles. The molecule has 2 rings (SSSR count). The number of hydrogen-bond acceptors (Lipinski definition) is 4. The summed E-state index contributed by atoms with van der Waals surface area (Å²) in [6, 6.07) is 15.1. The Kier molecular flexibility index (Phi) is 6.52. The monoisotopic (exact) mass is 375 g/mol. The first kappa shape index (κ1) is 19.7. The fourth-order valence-corrected chi connectivity index (χ4v) is 3.37. The molecule has 0 aliphatic rings. The van der Waals surface area contributed by atoms with Crippen LogP contribution in [0.15, 0.2) is 59.5 Å². The maximum absolute atomic E-state index is 12.5. The van der Waals surface area contributed by atoms with Gasteiger partial charge in [0.2, 0.25) is 5.91 Å². The largest absolute Gasteiger partial charge is 0.480 e. The van der Waals surface area contributed by atoms with Gasteiger partial charge in [-0.15, -0.1) is 0 Å². The highest BCUT2D eigenvalue weighted by Gasteiger charge is 2.18. The van der Waals surface area contributed by atoms with Crippen molar-refractivity contribution < 1.29 is 23.1 Å². The van der Waals surface area contributed by atoms with E-state index in [1.54, 1.807) is 49.4 Å². The van der Waals surface area contributed by atoms with Gasteiger partial charge in [-0.1, -0.05) is 37.3 Å². The summed E-state index contributed by atoms with van der Waals surface area (Å²) >= 11 is 0. The number of hydrogen-bond donors (Lipinski definition) is 1. The van der Waals surface area contributed by atoms with Gasteiger partial charge in [0.05, 0.1) is 10.6 Å². The minimum absolute atomic E-state index is 0.0338. The second kappa shape index (κ2) is 8.62. The van der Waals surface area contributed by atoms with Gasteiger partial charge in [-0.2, -0.15) is 0 Å². The lowest BCUT2D eigenvalue weighted by Crippen LogP contribution is -2.35. The SMILES string of the molecule is CCS(=O)(=O)c1ccc(CCC(=O)N(CC(=O)O)c2ccccc2)cc1. The summed E-state index contributed by atoms with van der Waals surface area (Å²) in [7, 11) is -3.25. The van der Waals surface area contributed by atoms with Crippen molar-refractivity contribution in [1.82, 2.24) is 0 Å². The first-order chi connectivity index (χ1) is 12.3. The van der Waals surface area contributed by atoms with Crippen molar-refractivity contribution in [3.63, 3.8) is 0 Å². The molecule has 0 unspecified atom stereocenters. The van der Waals surface area contributed by atoms with Crippen molar-refractivity contribution in [2.75, 3.05) is 17.2 Å². The Morgan fingerprint density at radius 1 is 1.00 bits per heavy atom. The van der Waals surface area contributed by atoms with Gasteiger partial charge < -0.3 is 10.0 Å². The van der Waals surface area contributed by atoms with Gasteiger partial charge in [0, 0.05) is 12.1 Å². The normalized spacial score (nSPS) is 11.1. The van der Waals surface area contributed by atoms with Gasteiger partial charge in [-0.25, -0.2) is 8.42 Å². The number of nitrogens with zero attached hydrogens (tertiary/aromatic N) is 1. The second-order valence-electron chi connectivity index (χ2n) is 5.76. The van der Waals surface area contributed by atoms with Gasteiger partial charge >= 0.3 is 5.97 Å². The molecule has 0 spiro atoms. The number of aryl methyl sites for hydroxylation is 1. The lowest BCUT2D eigenvalue weighted by Gasteiger charge is -2.21. The zero-order valence-electron chi connectivity index (χ0n) is 14.5. The number of sulfone groups is 1. The fraction of sp³-hybridized carbons (Fsp3) is 0.263. The highest BCUT2D eigenvalue weighted by Crippen LogP contribution is 2.17. The molecule has 138 valence electrons. The number of carbonyl (C=O) groups is 2. The quantitative estimate of drug-likeness (QED) is 0.765. The number of para-hydroxylation sites is 1. The molecule has 0 aliphatic carbocycles. The van der Waals surface area contributed by atoms with E-state index < -0.39 is 22.4 Å². The van der Waals surface area contributed by atoms with Gasteiger partial charge in [0.15, 0.2) is 9.84 Å². The lowest BCUT2D eigenvalue weighted by molar-refractivity contribution is -0.136. The first-order valence-electron chi connectivity index (χ1n) is 8.22. The van der Waals surface area contributed by atoms with Gasteiger partial charge in [0.25, 0.3) is 0 Å². The molecule has 0 radical (unpaired) electrons. The minimum atomic E-state index is -3.25. The summed E-state index contributed by atoms with van der Waals surface area (Å²) in [6.07, 6.45) is 0.524. The van der Waals surface area contributed by atoms with Crippen molar-refractivity contribution in [2.24, 2.45) is 0 Å². The molecular weight excluding hydrogens is 354 g/mol. The van der Waals surface area contributed by atoms with E-state index >= 15 is 0 Å². The van der Waals surface area contributed by atoms with Gasteiger partial charge in [-0.3, -0.25) is 9.59 Å². The first-order valence-corrected chi connectivity index (χ1v) is 9.87. The van der Waals surface area contributed by atoms with Crippen molar-refractivity contribution >= 4 is 27.4 Å². The standard InChI is InChI=1S/C19H21NO5S/c1-2-26(24,25)17-11-8-15(9-12-17)10-13-18(21)20(14-19(22)23)16-6-4-3-5-7-16/h3-9,11-12H,2,10,13-14H2,1H3,(H,22,23). The maximum Gasteiger partial charge on any atom is 0.323 e. The Balaban J connectivity index is 2.07. The van der Waals surface area contributed by atoms with E-state index in [4.69, 9.17) is 5.11 Å². The van der Waals surface area contributed by atoms with E-state index in [1.807, 2.05) is 0 Å². The van der Waals surface area contributed by atoms with Crippen molar-refractivity contribution in [2.45, 2.75) is 24.7 Å². The second-order valence-corrected chi connectivity index (χ2v) is 8.03. The van der Waals surface area contributed by atoms with Crippen LogP contribution in [0.1, 0.15) is 18.9 Å². The van der Waals surface area contributed by atoms with Crippen LogP contribution in [0.2, 0.25) is 0 Å². The number of benzene rings is 2. The average Bonchev–Trinajstić information content (AvgIpc) is 2.65. The Morgan fingerprint density at radius 3 is 2.15 bits per heavy atom. The van der Waals surface area contributed by atoms with Crippen molar-refractivity contribution in [3.05, 3.63) is 60.2 Å². The molecule has 26 heavy (non-hydrogen) atoms. The Bertz CT molecular complexity index is 861. The number of carboxylic acid groups (broad SMARTS) is 1. The molecular formula is C19H21NO5S. The molecule has 0 fully saturated rings. The Labute approximate surface area is 153 Å². The number of carbonyl (C=O) groups excluding carboxylic acids is 1. The van der Waals surface area contributed by atoms with Crippen LogP contribution < -0.4 is 4.90 Å². The Hall–Kier alpha value is -2.67. The van der Waals surface area contributed by atoms with Crippen LogP contribution in [-0.4, -0.2) is 37.7 Å². The summed E-state index contributed by atoms with van der Waals surface area (Å²) in [5.74, 6) is -1.35. The molecule has 0 saturated carbocycles. The smallest absolute Gasteiger partial charge is 0.323 e. The minimum Gasteiger partial charge on any atom is -0.480 e. The fourth-order valence-electron chi connectivity index (χ4n) is 2.48. The van der Waals surface area contributed by atoms with Crippen LogP contribution in [0, 0.1) is 0 Å². The van der Waals surface area contributed by atoms with Crippen LogP contribution in [0.4, 0.5) is 5.69 Å². The van der Waals surface area contributed by atoms with Crippen molar-refractivity contribution in [1.29, 1.82) is 0 Å². The predicted molar refractivity (Wildman–Crippen MR) is 98.9 cm³/mol. The molecule has 1 amide bonds. The number of aliphatic carboxylic acids is 1. The van der Waals surface area contributed by atoms with Gasteiger partial charge in [0.1, 0.15) is 6.54 Å². The molecule has 7 heteroatoms. The van der Waals surface area contributed by atoms with E-state index in [-0.39, 0.29) is 23.0 Å². The van der Waals surface area contributed by atoms with E-state index in [0.717, 1.165) is 5.56 Å². The van der Waals surface area contributed by atoms with E-state index in [2.05, 4.69) is 0 Å². The molecule has 0 bridgehead atoms. The third kappa shape index (κ3) is 5.16. The average molecular weight is 375 g/mol. The zero-order valence-corrected chi connectivity index (χ0v) is 15.3. The number of amides is 1. The summed E-state index contributed by atoms with van der Waals surface area (Å²) < 4.78 is 23.6. The van der Waals surface area contributed by atoms with Crippen LogP contribution in [0.5, 0.6) is 0 Å². The van der Waals surface area contributed by atoms with E-state index in [9.17, 15) is 18.0 Å². The lowest BCUT2D eigenvalue weighted by atomic mass is 10.1. The summed E-state index contributed by atoms with van der Waals surface area (Å²) in [5, 5.41) is 9.06. The van der Waals surface area contributed by atoms with Crippen molar-refractivity contribution in [3.8, 4) is 0 Å². The summed E-state index contributed by atoms with van der Waals surface area (Å²) in [4.78, 5) is 25.1. The van der Waals surface area contributed by atoms with Gasteiger partial charge in [-0.05, 0) is 36.2 Å². The molecule has 6 nitrogen and oxygen atoms in total. The zero-order chi connectivity index (χ0) is 19.2. The van der Waals surface area contributed by atoms with Crippen LogP contribution in [-0.2, 0) is 25.8 Å². The number of rotatable bonds is 8. The number of anilines is 1. The number of carboxylic acids is 1. The predicted octanol–water partition coefficient (Wildman–Crippen LogP) is 2.53. The topological polar surface area (TPSA) is 91.8 Å². The molecule has 2 aromatic rings. The summed E-state index contributed by atoms with van der Waals surface area (Å²) in [6.45, 7) is 1.18.